The molecule has 142 valence electrons. The summed E-state index contributed by atoms with van der Waals surface area (Å²) in [6.07, 6.45) is 3.44. The number of hydrogen-bond donors (Lipinski definition) is 1. The Balaban J connectivity index is 2.16. The van der Waals surface area contributed by atoms with E-state index in [1.54, 1.807) is 17.9 Å². The molecule has 1 fully saturated rings. The van der Waals surface area contributed by atoms with Crippen LogP contribution in [0, 0.1) is 23.0 Å². The molecular formula is C19H27N3O4. The molecule has 0 radical (unpaired) electrons. The lowest BCUT2D eigenvalue weighted by Crippen LogP contribution is -2.49. The number of piperidine rings is 1. The van der Waals surface area contributed by atoms with Gasteiger partial charge in [0.2, 0.25) is 5.91 Å². The second kappa shape index (κ2) is 8.78. The minimum atomic E-state index is -0.476. The zero-order valence-corrected chi connectivity index (χ0v) is 15.7. The van der Waals surface area contributed by atoms with E-state index < -0.39 is 4.92 Å². The van der Waals surface area contributed by atoms with Crippen LogP contribution in [0.1, 0.15) is 55.5 Å². The molecule has 1 N–H and O–H groups in total. The lowest BCUT2D eigenvalue weighted by Gasteiger charge is -2.37. The van der Waals surface area contributed by atoms with Crippen molar-refractivity contribution >= 4 is 17.5 Å². The Bertz CT molecular complexity index is 689. The summed E-state index contributed by atoms with van der Waals surface area (Å²) in [6.45, 7) is 6.61. The molecule has 1 aliphatic heterocycles. The number of likely N-dealkylation sites (tertiary alicyclic amines) is 1. The van der Waals surface area contributed by atoms with E-state index in [2.05, 4.69) is 12.2 Å². The lowest BCUT2D eigenvalue weighted by atomic mass is 9.91. The number of unbranched alkanes of at least 4 members (excludes halogenated alkanes) is 1. The molecule has 7 heteroatoms. The molecular weight excluding hydrogens is 334 g/mol. The number of nitrogens with one attached hydrogen (secondary N) is 1. The van der Waals surface area contributed by atoms with Crippen molar-refractivity contribution in [3.8, 4) is 0 Å². The first kappa shape index (κ1) is 19.9. The third kappa shape index (κ3) is 4.39. The lowest BCUT2D eigenvalue weighted by molar-refractivity contribution is -0.385. The summed E-state index contributed by atoms with van der Waals surface area (Å²) in [7, 11) is 0. The van der Waals surface area contributed by atoms with E-state index in [-0.39, 0.29) is 29.5 Å². The molecule has 2 atom stereocenters. The Morgan fingerprint density at radius 1 is 1.35 bits per heavy atom. The van der Waals surface area contributed by atoms with Crippen molar-refractivity contribution in [2.45, 2.75) is 52.5 Å². The quantitative estimate of drug-likeness (QED) is 0.479. The van der Waals surface area contributed by atoms with E-state index >= 15 is 0 Å². The molecule has 2 rings (SSSR count). The van der Waals surface area contributed by atoms with Crippen molar-refractivity contribution in [3.05, 3.63) is 39.4 Å². The van der Waals surface area contributed by atoms with Crippen molar-refractivity contribution in [1.82, 2.24) is 10.2 Å². The minimum absolute atomic E-state index is 0.000791. The Morgan fingerprint density at radius 3 is 2.73 bits per heavy atom. The summed E-state index contributed by atoms with van der Waals surface area (Å²) in [5.41, 5.74) is 0.636. The smallest absolute Gasteiger partial charge is 0.273 e. The van der Waals surface area contributed by atoms with Gasteiger partial charge in [-0.15, -0.1) is 0 Å². The number of nitro benzene ring substituents is 1. The normalized spacial score (nSPS) is 19.9. The van der Waals surface area contributed by atoms with Crippen LogP contribution in [-0.2, 0) is 4.79 Å². The van der Waals surface area contributed by atoms with Crippen LogP contribution in [0.4, 0.5) is 5.69 Å². The maximum absolute atomic E-state index is 13.0. The average Bonchev–Trinajstić information content (AvgIpc) is 2.61. The van der Waals surface area contributed by atoms with Crippen LogP contribution in [0.25, 0.3) is 0 Å². The summed E-state index contributed by atoms with van der Waals surface area (Å²) in [4.78, 5) is 37.7. The number of benzene rings is 1. The van der Waals surface area contributed by atoms with Crippen LogP contribution >= 0.6 is 0 Å². The largest absolute Gasteiger partial charge is 0.356 e. The second-order valence-electron chi connectivity index (χ2n) is 6.93. The fourth-order valence-electron chi connectivity index (χ4n) is 3.34. The van der Waals surface area contributed by atoms with Crippen LogP contribution in [0.2, 0.25) is 0 Å². The zero-order valence-electron chi connectivity index (χ0n) is 15.7. The third-order valence-electron chi connectivity index (χ3n) is 5.08. The fraction of sp³-hybridized carbons (Fsp3) is 0.579. The Hall–Kier alpha value is -2.44. The van der Waals surface area contributed by atoms with E-state index in [1.807, 2.05) is 6.92 Å². The van der Waals surface area contributed by atoms with Gasteiger partial charge in [0.15, 0.2) is 0 Å². The number of nitro groups is 1. The minimum Gasteiger partial charge on any atom is -0.356 e. The first-order valence-corrected chi connectivity index (χ1v) is 9.19. The molecule has 0 aliphatic carbocycles. The number of carbonyl (C=O) groups excluding carboxylic acids is 2. The SMILES string of the molecule is CCCCNC(=O)C1CCC(C)N(C(=O)c2cccc([N+](=O)[O-])c2C)C1. The molecule has 0 bridgehead atoms. The summed E-state index contributed by atoms with van der Waals surface area (Å²) in [5.74, 6) is -0.491. The first-order valence-electron chi connectivity index (χ1n) is 9.19. The number of nitrogens with zero attached hydrogens (tertiary/aromatic N) is 2. The molecule has 0 spiro atoms. The molecule has 1 saturated heterocycles. The van der Waals surface area contributed by atoms with Gasteiger partial charge < -0.3 is 10.2 Å². The van der Waals surface area contributed by atoms with Crippen LogP contribution in [-0.4, -0.2) is 40.8 Å². The summed E-state index contributed by atoms with van der Waals surface area (Å²) < 4.78 is 0. The van der Waals surface area contributed by atoms with Gasteiger partial charge in [-0.2, -0.15) is 0 Å². The zero-order chi connectivity index (χ0) is 19.3. The van der Waals surface area contributed by atoms with Gasteiger partial charge in [0.1, 0.15) is 0 Å². The summed E-state index contributed by atoms with van der Waals surface area (Å²) in [6, 6.07) is 4.54. The third-order valence-corrected chi connectivity index (χ3v) is 5.08. The standard InChI is InChI=1S/C19H27N3O4/c1-4-5-11-20-18(23)15-10-9-13(2)21(12-15)19(24)16-7-6-8-17(14(16)3)22(25)26/h6-8,13,15H,4-5,9-12H2,1-3H3,(H,20,23). The highest BCUT2D eigenvalue weighted by atomic mass is 16.6. The molecule has 1 aromatic carbocycles. The second-order valence-corrected chi connectivity index (χ2v) is 6.93. The highest BCUT2D eigenvalue weighted by Gasteiger charge is 2.34. The molecule has 1 aliphatic rings. The van der Waals surface area contributed by atoms with Gasteiger partial charge >= 0.3 is 0 Å². The first-order chi connectivity index (χ1) is 12.4. The molecule has 2 amide bonds. The topological polar surface area (TPSA) is 92.6 Å². The van der Waals surface area contributed by atoms with Crippen molar-refractivity contribution in [2.75, 3.05) is 13.1 Å². The number of amides is 2. The molecule has 0 saturated carbocycles. The number of carbonyl (C=O) groups is 2. The number of hydrogen-bond acceptors (Lipinski definition) is 4. The van der Waals surface area contributed by atoms with E-state index in [4.69, 9.17) is 0 Å². The van der Waals surface area contributed by atoms with Gasteiger partial charge in [-0.05, 0) is 39.2 Å². The van der Waals surface area contributed by atoms with Gasteiger partial charge in [0.05, 0.1) is 10.8 Å². The summed E-state index contributed by atoms with van der Waals surface area (Å²) >= 11 is 0. The predicted molar refractivity (Wildman–Crippen MR) is 99.0 cm³/mol. The molecule has 2 unspecified atom stereocenters. The van der Waals surface area contributed by atoms with Crippen LogP contribution in [0.3, 0.4) is 0 Å². The monoisotopic (exact) mass is 361 g/mol. The highest BCUT2D eigenvalue weighted by molar-refractivity contribution is 5.97. The van der Waals surface area contributed by atoms with Crippen molar-refractivity contribution in [2.24, 2.45) is 5.92 Å². The van der Waals surface area contributed by atoms with Gasteiger partial charge in [-0.25, -0.2) is 0 Å². The average molecular weight is 361 g/mol. The van der Waals surface area contributed by atoms with Gasteiger partial charge in [0.25, 0.3) is 11.6 Å². The Kier molecular flexibility index (Phi) is 6.71. The molecule has 26 heavy (non-hydrogen) atoms. The van der Waals surface area contributed by atoms with Crippen molar-refractivity contribution in [3.63, 3.8) is 0 Å². The molecule has 1 heterocycles. The van der Waals surface area contributed by atoms with Crippen LogP contribution in [0.15, 0.2) is 18.2 Å². The maximum Gasteiger partial charge on any atom is 0.273 e. The fourth-order valence-corrected chi connectivity index (χ4v) is 3.34. The van der Waals surface area contributed by atoms with Gasteiger partial charge in [-0.3, -0.25) is 19.7 Å². The van der Waals surface area contributed by atoms with E-state index in [1.165, 1.54) is 12.1 Å². The van der Waals surface area contributed by atoms with E-state index in [9.17, 15) is 19.7 Å². The molecule has 7 nitrogen and oxygen atoms in total. The maximum atomic E-state index is 13.0. The van der Waals surface area contributed by atoms with Gasteiger partial charge in [-0.1, -0.05) is 19.4 Å². The van der Waals surface area contributed by atoms with Crippen molar-refractivity contribution < 1.29 is 14.5 Å². The van der Waals surface area contributed by atoms with Gasteiger partial charge in [0, 0.05) is 36.3 Å². The van der Waals surface area contributed by atoms with Crippen LogP contribution < -0.4 is 5.32 Å². The van der Waals surface area contributed by atoms with E-state index in [0.29, 0.717) is 24.2 Å². The predicted octanol–water partition coefficient (Wildman–Crippen LogP) is 3.06. The Labute approximate surface area is 153 Å². The summed E-state index contributed by atoms with van der Waals surface area (Å²) in [5, 5.41) is 14.1. The Morgan fingerprint density at radius 2 is 2.08 bits per heavy atom. The van der Waals surface area contributed by atoms with Crippen LogP contribution in [0.5, 0.6) is 0 Å². The van der Waals surface area contributed by atoms with E-state index in [0.717, 1.165) is 25.7 Å². The molecule has 0 aromatic heterocycles. The molecule has 1 aromatic rings. The number of rotatable bonds is 6. The van der Waals surface area contributed by atoms with Crippen molar-refractivity contribution in [1.29, 1.82) is 0 Å². The highest BCUT2D eigenvalue weighted by Crippen LogP contribution is 2.27.